The fourth-order valence-corrected chi connectivity index (χ4v) is 2.81. The van der Waals surface area contributed by atoms with Gasteiger partial charge in [0.2, 0.25) is 0 Å². The Labute approximate surface area is 97.9 Å². The molecule has 16 heavy (non-hydrogen) atoms. The number of likely N-dealkylation sites (tertiary alicyclic amines) is 1. The smallest absolute Gasteiger partial charge is 0.327 e. The van der Waals surface area contributed by atoms with E-state index in [0.717, 1.165) is 25.2 Å². The van der Waals surface area contributed by atoms with Crippen molar-refractivity contribution in [3.8, 4) is 0 Å². The summed E-state index contributed by atoms with van der Waals surface area (Å²) in [5, 5.41) is 11.2. The van der Waals surface area contributed by atoms with Gasteiger partial charge in [-0.15, -0.1) is 11.3 Å². The number of aromatic nitrogens is 1. The highest BCUT2D eigenvalue weighted by Gasteiger charge is 2.25. The van der Waals surface area contributed by atoms with Gasteiger partial charge in [0.1, 0.15) is 5.01 Å². The van der Waals surface area contributed by atoms with E-state index >= 15 is 0 Å². The number of carboxylic acid groups (broad SMARTS) is 1. The quantitative estimate of drug-likeness (QED) is 0.812. The highest BCUT2D eigenvalue weighted by molar-refractivity contribution is 7.09. The molecule has 0 saturated carbocycles. The van der Waals surface area contributed by atoms with E-state index < -0.39 is 12.0 Å². The van der Waals surface area contributed by atoms with Crippen LogP contribution < -0.4 is 5.73 Å². The van der Waals surface area contributed by atoms with Gasteiger partial charge >= 0.3 is 5.97 Å². The molecule has 2 atom stereocenters. The molecule has 1 aliphatic heterocycles. The Kier molecular flexibility index (Phi) is 3.22. The van der Waals surface area contributed by atoms with Crippen LogP contribution in [0.4, 0.5) is 0 Å². The van der Waals surface area contributed by atoms with E-state index in [2.05, 4.69) is 16.9 Å². The van der Waals surface area contributed by atoms with Gasteiger partial charge in [-0.3, -0.25) is 4.79 Å². The Morgan fingerprint density at radius 1 is 1.81 bits per heavy atom. The molecule has 1 saturated heterocycles. The van der Waals surface area contributed by atoms with Gasteiger partial charge < -0.3 is 15.7 Å². The van der Waals surface area contributed by atoms with E-state index in [1.165, 1.54) is 11.3 Å². The number of nitrogens with zero attached hydrogens (tertiary/aromatic N) is 2. The molecule has 3 N–H and O–H groups in total. The van der Waals surface area contributed by atoms with Crippen LogP contribution in [0, 0.1) is 0 Å². The van der Waals surface area contributed by atoms with E-state index in [9.17, 15) is 4.79 Å². The summed E-state index contributed by atoms with van der Waals surface area (Å²) in [7, 11) is 2.08. The van der Waals surface area contributed by atoms with Crippen molar-refractivity contribution in [2.75, 3.05) is 20.1 Å². The Balaban J connectivity index is 2.10. The average molecular weight is 241 g/mol. The second-order valence-electron chi connectivity index (χ2n) is 4.17. The van der Waals surface area contributed by atoms with Crippen molar-refractivity contribution in [2.45, 2.75) is 18.4 Å². The van der Waals surface area contributed by atoms with Crippen molar-refractivity contribution in [3.05, 3.63) is 16.1 Å². The summed E-state index contributed by atoms with van der Waals surface area (Å²) in [6.45, 7) is 2.06. The molecule has 2 unspecified atom stereocenters. The van der Waals surface area contributed by atoms with Gasteiger partial charge in [-0.2, -0.15) is 0 Å². The fraction of sp³-hybridized carbons (Fsp3) is 0.600. The van der Waals surface area contributed by atoms with Crippen LogP contribution in [0.2, 0.25) is 0 Å². The van der Waals surface area contributed by atoms with Gasteiger partial charge in [0.15, 0.2) is 6.04 Å². The van der Waals surface area contributed by atoms with Crippen molar-refractivity contribution >= 4 is 17.3 Å². The summed E-state index contributed by atoms with van der Waals surface area (Å²) < 4.78 is 0. The van der Waals surface area contributed by atoms with E-state index in [0.29, 0.717) is 10.9 Å². The van der Waals surface area contributed by atoms with Crippen molar-refractivity contribution in [1.29, 1.82) is 0 Å². The number of carbonyl (C=O) groups is 1. The van der Waals surface area contributed by atoms with Crippen LogP contribution in [-0.4, -0.2) is 41.1 Å². The third kappa shape index (κ3) is 2.23. The van der Waals surface area contributed by atoms with E-state index in [1.54, 1.807) is 0 Å². The van der Waals surface area contributed by atoms with Crippen molar-refractivity contribution < 1.29 is 9.90 Å². The third-order valence-electron chi connectivity index (χ3n) is 2.88. The number of nitrogens with two attached hydrogens (primary N) is 1. The van der Waals surface area contributed by atoms with Crippen LogP contribution in [-0.2, 0) is 4.79 Å². The van der Waals surface area contributed by atoms with Crippen LogP contribution in [0.5, 0.6) is 0 Å². The standard InChI is InChI=1S/C10H15N3O2S/c1-13-3-2-6(4-13)7-5-16-9(12-7)8(11)10(14)15/h5-6,8H,2-4,11H2,1H3,(H,14,15). The zero-order valence-corrected chi connectivity index (χ0v) is 9.91. The van der Waals surface area contributed by atoms with E-state index in [4.69, 9.17) is 10.8 Å². The van der Waals surface area contributed by atoms with Gasteiger partial charge in [0, 0.05) is 17.8 Å². The molecule has 88 valence electrons. The van der Waals surface area contributed by atoms with Gasteiger partial charge in [0.25, 0.3) is 0 Å². The van der Waals surface area contributed by atoms with Gasteiger partial charge in [-0.25, -0.2) is 4.98 Å². The maximum Gasteiger partial charge on any atom is 0.327 e. The highest BCUT2D eigenvalue weighted by Crippen LogP contribution is 2.28. The molecular formula is C10H15N3O2S. The first-order chi connectivity index (χ1) is 7.58. The monoisotopic (exact) mass is 241 g/mol. The second kappa shape index (κ2) is 4.48. The number of rotatable bonds is 3. The topological polar surface area (TPSA) is 79.5 Å². The third-order valence-corrected chi connectivity index (χ3v) is 3.83. The minimum Gasteiger partial charge on any atom is -0.480 e. The second-order valence-corrected chi connectivity index (χ2v) is 5.06. The summed E-state index contributed by atoms with van der Waals surface area (Å²) in [6.07, 6.45) is 1.09. The summed E-state index contributed by atoms with van der Waals surface area (Å²) >= 11 is 1.34. The number of thiazole rings is 1. The van der Waals surface area contributed by atoms with Crippen LogP contribution in [0.3, 0.4) is 0 Å². The normalized spacial score (nSPS) is 23.5. The SMILES string of the molecule is CN1CCC(c2csc(C(N)C(=O)O)n2)C1. The maximum atomic E-state index is 10.7. The molecule has 0 aliphatic carbocycles. The molecule has 0 bridgehead atoms. The molecule has 5 nitrogen and oxygen atoms in total. The first kappa shape index (κ1) is 11.5. The number of hydrogen-bond acceptors (Lipinski definition) is 5. The minimum absolute atomic E-state index is 0.427. The number of aliphatic carboxylic acids is 1. The Hall–Kier alpha value is -0.980. The first-order valence-corrected chi connectivity index (χ1v) is 6.08. The average Bonchev–Trinajstić information content (AvgIpc) is 2.84. The van der Waals surface area contributed by atoms with E-state index in [-0.39, 0.29) is 0 Å². The molecule has 1 aromatic rings. The fourth-order valence-electron chi connectivity index (χ4n) is 1.91. The Morgan fingerprint density at radius 2 is 2.56 bits per heavy atom. The zero-order valence-electron chi connectivity index (χ0n) is 9.09. The van der Waals surface area contributed by atoms with Crippen LogP contribution in [0.1, 0.15) is 29.1 Å². The molecule has 1 aromatic heterocycles. The predicted octanol–water partition coefficient (Wildman–Crippen LogP) is 0.647. The Bertz CT molecular complexity index is 393. The molecule has 0 spiro atoms. The highest BCUT2D eigenvalue weighted by atomic mass is 32.1. The number of likely N-dealkylation sites (N-methyl/N-ethyl adjacent to an activating group) is 1. The molecule has 2 rings (SSSR count). The Morgan fingerprint density at radius 3 is 3.12 bits per heavy atom. The molecule has 1 fully saturated rings. The van der Waals surface area contributed by atoms with Crippen molar-refractivity contribution in [1.82, 2.24) is 9.88 Å². The molecule has 2 heterocycles. The van der Waals surface area contributed by atoms with E-state index in [1.807, 2.05) is 5.38 Å². The van der Waals surface area contributed by atoms with Crippen molar-refractivity contribution in [3.63, 3.8) is 0 Å². The zero-order chi connectivity index (χ0) is 11.7. The molecule has 0 radical (unpaired) electrons. The van der Waals surface area contributed by atoms with Gasteiger partial charge in [-0.05, 0) is 20.0 Å². The predicted molar refractivity (Wildman–Crippen MR) is 61.5 cm³/mol. The lowest BCUT2D eigenvalue weighted by atomic mass is 10.1. The van der Waals surface area contributed by atoms with Crippen LogP contribution >= 0.6 is 11.3 Å². The first-order valence-electron chi connectivity index (χ1n) is 5.20. The summed E-state index contributed by atoms with van der Waals surface area (Å²) in [4.78, 5) is 17.3. The minimum atomic E-state index is -1.02. The number of hydrogen-bond donors (Lipinski definition) is 2. The lowest BCUT2D eigenvalue weighted by Gasteiger charge is -2.07. The summed E-state index contributed by atoms with van der Waals surface area (Å²) in [5.74, 6) is -0.597. The van der Waals surface area contributed by atoms with Crippen molar-refractivity contribution in [2.24, 2.45) is 5.73 Å². The molecular weight excluding hydrogens is 226 g/mol. The van der Waals surface area contributed by atoms with Crippen LogP contribution in [0.15, 0.2) is 5.38 Å². The maximum absolute atomic E-state index is 10.7. The summed E-state index contributed by atoms with van der Waals surface area (Å²) in [6, 6.07) is -0.988. The molecule has 0 aromatic carbocycles. The lowest BCUT2D eigenvalue weighted by Crippen LogP contribution is -2.20. The number of carboxylic acids is 1. The van der Waals surface area contributed by atoms with Gasteiger partial charge in [0.05, 0.1) is 5.69 Å². The molecule has 1 aliphatic rings. The molecule has 6 heteroatoms. The largest absolute Gasteiger partial charge is 0.480 e. The summed E-state index contributed by atoms with van der Waals surface area (Å²) in [5.41, 5.74) is 6.50. The van der Waals surface area contributed by atoms with Crippen LogP contribution in [0.25, 0.3) is 0 Å². The lowest BCUT2D eigenvalue weighted by molar-refractivity contribution is -0.138. The van der Waals surface area contributed by atoms with Gasteiger partial charge in [-0.1, -0.05) is 0 Å². The molecule has 0 amide bonds.